The number of methoxy groups -OCH3 is 1. The van der Waals surface area contributed by atoms with Gasteiger partial charge in [0.2, 0.25) is 0 Å². The first kappa shape index (κ1) is 14.7. The van der Waals surface area contributed by atoms with Crippen LogP contribution in [0, 0.1) is 0 Å². The van der Waals surface area contributed by atoms with E-state index in [0.29, 0.717) is 6.54 Å². The minimum absolute atomic E-state index is 0.107. The lowest BCUT2D eigenvalue weighted by Crippen LogP contribution is -2.48. The highest BCUT2D eigenvalue weighted by Crippen LogP contribution is 2.15. The first-order chi connectivity index (χ1) is 7.92. The third kappa shape index (κ3) is 5.70. The second-order valence-corrected chi connectivity index (χ2v) is 4.59. The van der Waals surface area contributed by atoms with Gasteiger partial charge in [-0.2, -0.15) is 13.2 Å². The summed E-state index contributed by atoms with van der Waals surface area (Å²) in [6.07, 6.45) is -1.83. The second-order valence-electron chi connectivity index (χ2n) is 4.59. The Bertz CT molecular complexity index is 223. The molecule has 1 fully saturated rings. The van der Waals surface area contributed by atoms with E-state index in [1.165, 1.54) is 0 Å². The van der Waals surface area contributed by atoms with Crippen molar-refractivity contribution >= 4 is 0 Å². The Morgan fingerprint density at radius 3 is 2.76 bits per heavy atom. The van der Waals surface area contributed by atoms with Gasteiger partial charge in [0.15, 0.2) is 0 Å². The Hall–Kier alpha value is -0.330. The molecule has 0 aliphatic carbocycles. The van der Waals surface area contributed by atoms with Gasteiger partial charge in [0, 0.05) is 26.2 Å². The van der Waals surface area contributed by atoms with E-state index >= 15 is 0 Å². The van der Waals surface area contributed by atoms with Crippen LogP contribution in [0.2, 0.25) is 0 Å². The number of alkyl halides is 3. The standard InChI is InChI=1S/C11H21F3N2O/c1-9(6-15-8-11(12,13)14)16-5-3-4-10(7-16)17-2/h9-10,15H,3-8H2,1-2H3. The lowest BCUT2D eigenvalue weighted by molar-refractivity contribution is -0.125. The predicted octanol–water partition coefficient (Wildman–Crippen LogP) is 1.64. The zero-order chi connectivity index (χ0) is 12.9. The zero-order valence-corrected chi connectivity index (χ0v) is 10.4. The molecule has 1 aliphatic heterocycles. The van der Waals surface area contributed by atoms with Crippen molar-refractivity contribution in [1.82, 2.24) is 10.2 Å². The van der Waals surface area contributed by atoms with Gasteiger partial charge >= 0.3 is 6.18 Å². The van der Waals surface area contributed by atoms with E-state index in [1.54, 1.807) is 7.11 Å². The lowest BCUT2D eigenvalue weighted by atomic mass is 10.1. The summed E-state index contributed by atoms with van der Waals surface area (Å²) >= 11 is 0. The molecule has 2 unspecified atom stereocenters. The number of rotatable bonds is 5. The number of nitrogens with zero attached hydrogens (tertiary/aromatic N) is 1. The van der Waals surface area contributed by atoms with Gasteiger partial charge in [-0.25, -0.2) is 0 Å². The molecule has 2 atom stereocenters. The molecule has 1 N–H and O–H groups in total. The average Bonchev–Trinajstić information content (AvgIpc) is 2.27. The highest BCUT2D eigenvalue weighted by atomic mass is 19.4. The Balaban J connectivity index is 2.24. The molecule has 3 nitrogen and oxygen atoms in total. The predicted molar refractivity (Wildman–Crippen MR) is 60.0 cm³/mol. The number of piperidine rings is 1. The van der Waals surface area contributed by atoms with Crippen molar-refractivity contribution in [3.63, 3.8) is 0 Å². The minimum Gasteiger partial charge on any atom is -0.380 e. The molecule has 0 amide bonds. The van der Waals surface area contributed by atoms with Crippen LogP contribution in [0.3, 0.4) is 0 Å². The van der Waals surface area contributed by atoms with Crippen LogP contribution in [0.25, 0.3) is 0 Å². The third-order valence-corrected chi connectivity index (χ3v) is 3.13. The van der Waals surface area contributed by atoms with Crippen LogP contribution in [0.15, 0.2) is 0 Å². The van der Waals surface area contributed by atoms with E-state index in [0.717, 1.165) is 25.9 Å². The van der Waals surface area contributed by atoms with Crippen LogP contribution in [0.5, 0.6) is 0 Å². The van der Waals surface area contributed by atoms with Crippen LogP contribution in [0.1, 0.15) is 19.8 Å². The van der Waals surface area contributed by atoms with Crippen LogP contribution < -0.4 is 5.32 Å². The molecule has 1 heterocycles. The van der Waals surface area contributed by atoms with Crippen molar-refractivity contribution in [2.75, 3.05) is 33.3 Å². The molecular weight excluding hydrogens is 233 g/mol. The molecule has 102 valence electrons. The van der Waals surface area contributed by atoms with Gasteiger partial charge in [0.05, 0.1) is 12.6 Å². The molecule has 1 aliphatic rings. The average molecular weight is 254 g/mol. The fourth-order valence-corrected chi connectivity index (χ4v) is 2.11. The molecule has 0 saturated carbocycles. The molecule has 1 rings (SSSR count). The largest absolute Gasteiger partial charge is 0.401 e. The van der Waals surface area contributed by atoms with Crippen LogP contribution in [-0.2, 0) is 4.74 Å². The summed E-state index contributed by atoms with van der Waals surface area (Å²) in [4.78, 5) is 2.18. The first-order valence-corrected chi connectivity index (χ1v) is 5.96. The molecule has 17 heavy (non-hydrogen) atoms. The van der Waals surface area contributed by atoms with Crippen molar-refractivity contribution in [2.24, 2.45) is 0 Å². The molecule has 1 saturated heterocycles. The number of ether oxygens (including phenoxy) is 1. The summed E-state index contributed by atoms with van der Waals surface area (Å²) in [5.41, 5.74) is 0. The number of likely N-dealkylation sites (tertiary alicyclic amines) is 1. The van der Waals surface area contributed by atoms with E-state index < -0.39 is 12.7 Å². The highest BCUT2D eigenvalue weighted by molar-refractivity contribution is 4.78. The van der Waals surface area contributed by atoms with Crippen LogP contribution in [0.4, 0.5) is 13.2 Å². The summed E-state index contributed by atoms with van der Waals surface area (Å²) in [6.45, 7) is 3.14. The Labute approximate surface area is 100 Å². The molecule has 0 spiro atoms. The lowest BCUT2D eigenvalue weighted by Gasteiger charge is -2.36. The normalized spacial score (nSPS) is 24.9. The number of hydrogen-bond acceptors (Lipinski definition) is 3. The zero-order valence-electron chi connectivity index (χ0n) is 10.4. The molecule has 0 aromatic rings. The molecule has 0 aromatic carbocycles. The minimum atomic E-state index is -4.13. The van der Waals surface area contributed by atoms with E-state index in [4.69, 9.17) is 4.74 Å². The molecule has 0 radical (unpaired) electrons. The van der Waals surface area contributed by atoms with Crippen molar-refractivity contribution < 1.29 is 17.9 Å². The quantitative estimate of drug-likeness (QED) is 0.807. The fourth-order valence-electron chi connectivity index (χ4n) is 2.11. The summed E-state index contributed by atoms with van der Waals surface area (Å²) < 4.78 is 41.2. The summed E-state index contributed by atoms with van der Waals surface area (Å²) in [7, 11) is 1.68. The number of halogens is 3. The maximum absolute atomic E-state index is 12.0. The van der Waals surface area contributed by atoms with Gasteiger partial charge in [-0.1, -0.05) is 0 Å². The first-order valence-electron chi connectivity index (χ1n) is 5.96. The van der Waals surface area contributed by atoms with Gasteiger partial charge < -0.3 is 10.1 Å². The summed E-state index contributed by atoms with van der Waals surface area (Å²) in [5.74, 6) is 0. The molecule has 0 bridgehead atoms. The van der Waals surface area contributed by atoms with E-state index in [9.17, 15) is 13.2 Å². The van der Waals surface area contributed by atoms with Gasteiger partial charge in [-0.15, -0.1) is 0 Å². The topological polar surface area (TPSA) is 24.5 Å². The Morgan fingerprint density at radius 2 is 2.18 bits per heavy atom. The number of nitrogens with one attached hydrogen (secondary N) is 1. The third-order valence-electron chi connectivity index (χ3n) is 3.13. The van der Waals surface area contributed by atoms with Gasteiger partial charge in [0.25, 0.3) is 0 Å². The van der Waals surface area contributed by atoms with Gasteiger partial charge in [0.1, 0.15) is 0 Å². The van der Waals surface area contributed by atoms with Crippen LogP contribution in [-0.4, -0.2) is 56.5 Å². The van der Waals surface area contributed by atoms with E-state index in [1.807, 2.05) is 6.92 Å². The molecule has 0 aromatic heterocycles. The van der Waals surface area contributed by atoms with Gasteiger partial charge in [-0.3, -0.25) is 4.90 Å². The van der Waals surface area contributed by atoms with Gasteiger partial charge in [-0.05, 0) is 26.3 Å². The molecular formula is C11H21F3N2O. The second kappa shape index (κ2) is 6.56. The maximum atomic E-state index is 12.0. The summed E-state index contributed by atoms with van der Waals surface area (Å²) in [5, 5.41) is 2.45. The SMILES string of the molecule is COC1CCCN(C(C)CNCC(F)(F)F)C1. The molecule has 6 heteroatoms. The van der Waals surface area contributed by atoms with Crippen LogP contribution >= 0.6 is 0 Å². The van der Waals surface area contributed by atoms with Crippen molar-refractivity contribution in [2.45, 2.75) is 38.1 Å². The fraction of sp³-hybridized carbons (Fsp3) is 1.00. The Kier molecular flexibility index (Phi) is 5.69. The summed E-state index contributed by atoms with van der Waals surface area (Å²) in [6, 6.07) is 0.107. The number of hydrogen-bond donors (Lipinski definition) is 1. The maximum Gasteiger partial charge on any atom is 0.401 e. The Morgan fingerprint density at radius 1 is 1.47 bits per heavy atom. The van der Waals surface area contributed by atoms with Crippen molar-refractivity contribution in [3.8, 4) is 0 Å². The van der Waals surface area contributed by atoms with Crippen molar-refractivity contribution in [3.05, 3.63) is 0 Å². The van der Waals surface area contributed by atoms with E-state index in [-0.39, 0.29) is 12.1 Å². The highest BCUT2D eigenvalue weighted by Gasteiger charge is 2.28. The van der Waals surface area contributed by atoms with E-state index in [2.05, 4.69) is 10.2 Å². The monoisotopic (exact) mass is 254 g/mol. The smallest absolute Gasteiger partial charge is 0.380 e. The van der Waals surface area contributed by atoms with Crippen molar-refractivity contribution in [1.29, 1.82) is 0 Å².